The Balaban J connectivity index is 0.00000280. The van der Waals surface area contributed by atoms with E-state index < -0.39 is 0 Å². The van der Waals surface area contributed by atoms with Gasteiger partial charge in [0, 0.05) is 19.3 Å². The number of benzene rings is 1. The van der Waals surface area contributed by atoms with Crippen LogP contribution < -0.4 is 15.8 Å². The molecule has 0 atom stereocenters. The topological polar surface area (TPSA) is 99.4 Å². The summed E-state index contributed by atoms with van der Waals surface area (Å²) in [7, 11) is 3.14. The zero-order chi connectivity index (χ0) is 19.4. The van der Waals surface area contributed by atoms with Gasteiger partial charge in [-0.15, -0.1) is 23.7 Å². The first-order valence-electron chi connectivity index (χ1n) is 8.49. The summed E-state index contributed by atoms with van der Waals surface area (Å²) in [4.78, 5) is 22.8. The number of carbonyl (C=O) groups excluding carboxylic acids is 1. The molecule has 0 radical (unpaired) electrons. The van der Waals surface area contributed by atoms with E-state index in [4.69, 9.17) is 15.2 Å². The van der Waals surface area contributed by atoms with E-state index in [1.807, 2.05) is 31.2 Å². The van der Waals surface area contributed by atoms with Gasteiger partial charge >= 0.3 is 0 Å². The zero-order valence-corrected chi connectivity index (χ0v) is 17.6. The second kappa shape index (κ2) is 9.68. The number of hydrogen-bond acceptors (Lipinski definition) is 7. The summed E-state index contributed by atoms with van der Waals surface area (Å²) in [5, 5.41) is 3.74. The number of amides is 1. The van der Waals surface area contributed by atoms with Gasteiger partial charge in [0.15, 0.2) is 5.82 Å². The van der Waals surface area contributed by atoms with Gasteiger partial charge in [0.05, 0.1) is 17.4 Å². The van der Waals surface area contributed by atoms with E-state index in [1.165, 1.54) is 11.3 Å². The minimum absolute atomic E-state index is 0. The van der Waals surface area contributed by atoms with E-state index >= 15 is 0 Å². The molecule has 0 saturated carbocycles. The average molecular weight is 423 g/mol. The van der Waals surface area contributed by atoms with Crippen molar-refractivity contribution in [2.24, 2.45) is 0 Å². The van der Waals surface area contributed by atoms with Crippen molar-refractivity contribution in [2.45, 2.75) is 20.0 Å². The zero-order valence-electron chi connectivity index (χ0n) is 15.9. The van der Waals surface area contributed by atoms with Crippen LogP contribution in [0.5, 0.6) is 5.88 Å². The van der Waals surface area contributed by atoms with Gasteiger partial charge < -0.3 is 20.5 Å². The van der Waals surface area contributed by atoms with Gasteiger partial charge in [-0.25, -0.2) is 4.98 Å². The summed E-state index contributed by atoms with van der Waals surface area (Å²) in [6.07, 6.45) is 0.733. The largest absolute Gasteiger partial charge is 0.480 e. The first-order valence-corrected chi connectivity index (χ1v) is 9.30. The monoisotopic (exact) mass is 422 g/mol. The molecule has 9 heteroatoms. The molecule has 0 aliphatic rings. The first kappa shape index (κ1) is 21.9. The molecule has 2 heterocycles. The number of aromatic nitrogens is 2. The number of nitrogens with one attached hydrogen (secondary N) is 1. The highest BCUT2D eigenvalue weighted by Gasteiger charge is 2.21. The lowest BCUT2D eigenvalue weighted by Crippen LogP contribution is -2.25. The Bertz CT molecular complexity index is 960. The Hall–Kier alpha value is -2.42. The van der Waals surface area contributed by atoms with Gasteiger partial charge in [-0.3, -0.25) is 4.79 Å². The number of nitrogen functional groups attached to an aromatic ring is 1. The van der Waals surface area contributed by atoms with E-state index in [0.29, 0.717) is 23.1 Å². The Morgan fingerprint density at radius 2 is 1.93 bits per heavy atom. The summed E-state index contributed by atoms with van der Waals surface area (Å²) >= 11 is 1.33. The fraction of sp³-hybridized carbons (Fsp3) is 0.316. The molecule has 3 rings (SSSR count). The minimum atomic E-state index is -0.124. The third kappa shape index (κ3) is 4.70. The number of halogens is 1. The molecule has 0 aliphatic heterocycles. The molecule has 0 fully saturated rings. The second-order valence-electron chi connectivity index (χ2n) is 6.07. The highest BCUT2D eigenvalue weighted by molar-refractivity contribution is 7.20. The molecule has 28 heavy (non-hydrogen) atoms. The van der Waals surface area contributed by atoms with E-state index in [2.05, 4.69) is 15.3 Å². The first-order chi connectivity index (χ1) is 13.0. The average Bonchev–Trinajstić information content (AvgIpc) is 2.99. The molecule has 0 aliphatic carbocycles. The summed E-state index contributed by atoms with van der Waals surface area (Å²) in [5.74, 6) is 0.862. The molecule has 150 valence electrons. The molecular weight excluding hydrogens is 400 g/mol. The normalized spacial score (nSPS) is 10.5. The van der Waals surface area contributed by atoms with E-state index in [9.17, 15) is 4.79 Å². The predicted octanol–water partition coefficient (Wildman–Crippen LogP) is 3.13. The lowest BCUT2D eigenvalue weighted by atomic mass is 10.1. The Morgan fingerprint density at radius 3 is 2.57 bits per heavy atom. The van der Waals surface area contributed by atoms with Gasteiger partial charge in [-0.05, 0) is 36.6 Å². The van der Waals surface area contributed by atoms with Crippen LogP contribution in [0.1, 0.15) is 26.6 Å². The van der Waals surface area contributed by atoms with E-state index in [-0.39, 0.29) is 24.9 Å². The standard InChI is InChI=1S/C19H22N4O3S.ClH/c1-11-15-18(26-3)22-14(10-25-2)23-19(15)27-16(11)17(24)21-9-8-12-4-6-13(20)7-5-12;/h4-7H,8-10,20H2,1-3H3,(H,21,24);1H. The molecule has 0 spiro atoms. The van der Waals surface area contributed by atoms with Gasteiger partial charge in [0.1, 0.15) is 11.4 Å². The van der Waals surface area contributed by atoms with Gasteiger partial charge in [-0.2, -0.15) is 4.98 Å². The van der Waals surface area contributed by atoms with Crippen LogP contribution in [0.25, 0.3) is 10.2 Å². The molecule has 0 unspecified atom stereocenters. The quantitative estimate of drug-likeness (QED) is 0.567. The van der Waals surface area contributed by atoms with Crippen LogP contribution in [0, 0.1) is 6.92 Å². The smallest absolute Gasteiger partial charge is 0.261 e. The lowest BCUT2D eigenvalue weighted by molar-refractivity contribution is 0.0957. The van der Waals surface area contributed by atoms with Crippen LogP contribution in [-0.2, 0) is 17.8 Å². The van der Waals surface area contributed by atoms with Gasteiger partial charge in [-0.1, -0.05) is 12.1 Å². The number of hydrogen-bond donors (Lipinski definition) is 2. The number of ether oxygens (including phenoxy) is 2. The molecule has 3 aromatic rings. The van der Waals surface area contributed by atoms with Crippen molar-refractivity contribution in [2.75, 3.05) is 26.5 Å². The third-order valence-electron chi connectivity index (χ3n) is 4.16. The summed E-state index contributed by atoms with van der Waals surface area (Å²) in [6, 6.07) is 7.64. The van der Waals surface area contributed by atoms with Crippen molar-refractivity contribution in [1.82, 2.24) is 15.3 Å². The Kier molecular flexibility index (Phi) is 7.56. The number of fused-ring (bicyclic) bond motifs is 1. The predicted molar refractivity (Wildman–Crippen MR) is 114 cm³/mol. The second-order valence-corrected chi connectivity index (χ2v) is 7.07. The molecule has 2 aromatic heterocycles. The van der Waals surface area contributed by atoms with E-state index in [1.54, 1.807) is 14.2 Å². The molecule has 0 saturated heterocycles. The van der Waals surface area contributed by atoms with Crippen molar-refractivity contribution in [3.8, 4) is 5.88 Å². The Morgan fingerprint density at radius 1 is 1.21 bits per heavy atom. The van der Waals surface area contributed by atoms with Crippen molar-refractivity contribution < 1.29 is 14.3 Å². The van der Waals surface area contributed by atoms with Gasteiger partial charge in [0.2, 0.25) is 5.88 Å². The van der Waals surface area contributed by atoms with Crippen LogP contribution >= 0.6 is 23.7 Å². The molecular formula is C19H23ClN4O3S. The summed E-state index contributed by atoms with van der Waals surface area (Å²) in [5.41, 5.74) is 8.36. The fourth-order valence-corrected chi connectivity index (χ4v) is 3.89. The number of nitrogens with zero attached hydrogens (tertiary/aromatic N) is 2. The highest BCUT2D eigenvalue weighted by atomic mass is 35.5. The Labute approximate surface area is 173 Å². The molecule has 3 N–H and O–H groups in total. The number of methoxy groups -OCH3 is 2. The number of rotatable bonds is 7. The minimum Gasteiger partial charge on any atom is -0.480 e. The van der Waals surface area contributed by atoms with Crippen LogP contribution in [0.3, 0.4) is 0 Å². The van der Waals surface area contributed by atoms with Crippen LogP contribution in [0.4, 0.5) is 5.69 Å². The molecule has 7 nitrogen and oxygen atoms in total. The maximum absolute atomic E-state index is 12.7. The third-order valence-corrected chi connectivity index (χ3v) is 5.34. The maximum atomic E-state index is 12.7. The van der Waals surface area contributed by atoms with Crippen molar-refractivity contribution in [3.63, 3.8) is 0 Å². The molecule has 1 aromatic carbocycles. The van der Waals surface area contributed by atoms with Crippen LogP contribution in [0.15, 0.2) is 24.3 Å². The number of aryl methyl sites for hydroxylation is 1. The summed E-state index contributed by atoms with van der Waals surface area (Å²) < 4.78 is 10.5. The highest BCUT2D eigenvalue weighted by Crippen LogP contribution is 2.35. The van der Waals surface area contributed by atoms with Crippen LogP contribution in [-0.4, -0.2) is 36.6 Å². The van der Waals surface area contributed by atoms with Gasteiger partial charge in [0.25, 0.3) is 5.91 Å². The van der Waals surface area contributed by atoms with Crippen molar-refractivity contribution in [3.05, 3.63) is 46.1 Å². The lowest BCUT2D eigenvalue weighted by Gasteiger charge is -2.06. The van der Waals surface area contributed by atoms with Crippen LogP contribution in [0.2, 0.25) is 0 Å². The van der Waals surface area contributed by atoms with Crippen molar-refractivity contribution >= 4 is 45.6 Å². The fourth-order valence-electron chi connectivity index (χ4n) is 2.79. The summed E-state index contributed by atoms with van der Waals surface area (Å²) in [6.45, 7) is 2.70. The molecule has 1 amide bonds. The number of nitrogens with two attached hydrogens (primary N) is 1. The number of anilines is 1. The number of carbonyl (C=O) groups is 1. The van der Waals surface area contributed by atoms with E-state index in [0.717, 1.165) is 33.5 Å². The van der Waals surface area contributed by atoms with Crippen molar-refractivity contribution in [1.29, 1.82) is 0 Å². The molecule has 0 bridgehead atoms. The SMILES string of the molecule is COCc1nc(OC)c2c(C)c(C(=O)NCCc3ccc(N)cc3)sc2n1.Cl. The number of thiophene rings is 1. The maximum Gasteiger partial charge on any atom is 0.261 e.